The first-order valence-corrected chi connectivity index (χ1v) is 6.15. The van der Waals surface area contributed by atoms with Crippen molar-refractivity contribution in [2.75, 3.05) is 5.88 Å². The normalized spacial score (nSPS) is 11.9. The third-order valence-electron chi connectivity index (χ3n) is 2.24. The molecule has 0 radical (unpaired) electrons. The molecule has 0 fully saturated rings. The maximum atomic E-state index is 11.0. The molecular formula is C12H14Cl2O3. The van der Waals surface area contributed by atoms with Gasteiger partial charge in [-0.1, -0.05) is 12.1 Å². The number of alkyl halides is 1. The molecule has 17 heavy (non-hydrogen) atoms. The van der Waals surface area contributed by atoms with Crippen molar-refractivity contribution in [3.05, 3.63) is 29.8 Å². The van der Waals surface area contributed by atoms with Crippen LogP contribution in [-0.4, -0.2) is 18.0 Å². The maximum Gasteiger partial charge on any atom is 0.365 e. The number of benzene rings is 1. The van der Waals surface area contributed by atoms with Crippen molar-refractivity contribution in [2.45, 2.75) is 25.9 Å². The quantitative estimate of drug-likeness (QED) is 0.748. The highest BCUT2D eigenvalue weighted by Crippen LogP contribution is 2.15. The van der Waals surface area contributed by atoms with Crippen LogP contribution in [0.25, 0.3) is 0 Å². The van der Waals surface area contributed by atoms with Crippen LogP contribution in [-0.2, 0) is 15.5 Å². The summed E-state index contributed by atoms with van der Waals surface area (Å²) in [4.78, 5) is 11.0. The van der Waals surface area contributed by atoms with E-state index in [4.69, 9.17) is 28.2 Å². The van der Waals surface area contributed by atoms with Crippen molar-refractivity contribution >= 4 is 29.4 Å². The van der Waals surface area contributed by atoms with Crippen LogP contribution in [0.3, 0.4) is 0 Å². The van der Waals surface area contributed by atoms with E-state index < -0.39 is 12.1 Å². The van der Waals surface area contributed by atoms with Gasteiger partial charge in [0, 0.05) is 5.88 Å². The molecule has 1 atom stereocenters. The molecule has 0 aliphatic rings. The van der Waals surface area contributed by atoms with E-state index in [9.17, 15) is 4.79 Å². The molecule has 0 aromatic heterocycles. The molecule has 1 rings (SSSR count). The molecule has 0 aliphatic heterocycles. The van der Waals surface area contributed by atoms with Gasteiger partial charge in [-0.25, -0.2) is 4.79 Å². The maximum absolute atomic E-state index is 11.0. The lowest BCUT2D eigenvalue weighted by Crippen LogP contribution is -2.23. The Bertz CT molecular complexity index is 351. The summed E-state index contributed by atoms with van der Waals surface area (Å²) in [6.45, 7) is 1.58. The predicted molar refractivity (Wildman–Crippen MR) is 67.5 cm³/mol. The number of rotatable bonds is 6. The van der Waals surface area contributed by atoms with Gasteiger partial charge in [-0.15, -0.1) is 11.6 Å². The lowest BCUT2D eigenvalue weighted by molar-refractivity contribution is -0.140. The molecular weight excluding hydrogens is 263 g/mol. The van der Waals surface area contributed by atoms with Gasteiger partial charge < -0.3 is 9.03 Å². The van der Waals surface area contributed by atoms with E-state index in [1.54, 1.807) is 6.92 Å². The van der Waals surface area contributed by atoms with E-state index in [1.165, 1.54) is 5.56 Å². The molecule has 94 valence electrons. The summed E-state index contributed by atoms with van der Waals surface area (Å²) in [6.07, 6.45) is 1.15. The Kier molecular flexibility index (Phi) is 6.16. The van der Waals surface area contributed by atoms with Crippen LogP contribution >= 0.6 is 23.5 Å². The second-order valence-electron chi connectivity index (χ2n) is 3.59. The van der Waals surface area contributed by atoms with Gasteiger partial charge in [-0.2, -0.15) is 0 Å². The number of carbonyl (C=O) groups is 1. The Balaban J connectivity index is 2.53. The van der Waals surface area contributed by atoms with Gasteiger partial charge in [0.25, 0.3) is 0 Å². The highest BCUT2D eigenvalue weighted by Gasteiger charge is 2.15. The Morgan fingerprint density at radius 2 is 2.00 bits per heavy atom. The largest absolute Gasteiger partial charge is 0.479 e. The molecule has 0 saturated heterocycles. The van der Waals surface area contributed by atoms with Crippen LogP contribution < -0.4 is 4.74 Å². The SMILES string of the molecule is CC(Oc1ccc(CCCCl)cc1)C(=O)OCl. The summed E-state index contributed by atoms with van der Waals surface area (Å²) >= 11 is 10.6. The summed E-state index contributed by atoms with van der Waals surface area (Å²) in [5.74, 6) is 0.642. The van der Waals surface area contributed by atoms with Crippen LogP contribution in [0.2, 0.25) is 0 Å². The van der Waals surface area contributed by atoms with Gasteiger partial charge >= 0.3 is 5.97 Å². The number of aryl methyl sites for hydroxylation is 1. The average Bonchev–Trinajstić information content (AvgIpc) is 2.37. The van der Waals surface area contributed by atoms with Crippen LogP contribution in [0, 0.1) is 0 Å². The van der Waals surface area contributed by atoms with Crippen molar-refractivity contribution < 1.29 is 13.8 Å². The van der Waals surface area contributed by atoms with Crippen LogP contribution in [0.1, 0.15) is 18.9 Å². The monoisotopic (exact) mass is 276 g/mol. The Morgan fingerprint density at radius 3 is 2.53 bits per heavy atom. The van der Waals surface area contributed by atoms with E-state index in [0.717, 1.165) is 12.8 Å². The number of hydrogen-bond acceptors (Lipinski definition) is 3. The molecule has 3 nitrogen and oxygen atoms in total. The summed E-state index contributed by atoms with van der Waals surface area (Å²) in [6, 6.07) is 7.50. The molecule has 0 N–H and O–H groups in total. The topological polar surface area (TPSA) is 35.5 Å². The number of halogens is 2. The molecule has 0 aliphatic carbocycles. The predicted octanol–water partition coefficient (Wildman–Crippen LogP) is 3.32. The summed E-state index contributed by atoms with van der Waals surface area (Å²) < 4.78 is 9.40. The minimum atomic E-state index is -0.721. The van der Waals surface area contributed by atoms with Crippen molar-refractivity contribution in [2.24, 2.45) is 0 Å². The lowest BCUT2D eigenvalue weighted by Gasteiger charge is -2.11. The van der Waals surface area contributed by atoms with Gasteiger partial charge in [-0.05, 0) is 37.5 Å². The first-order chi connectivity index (χ1) is 8.17. The molecule has 0 saturated carbocycles. The van der Waals surface area contributed by atoms with E-state index in [0.29, 0.717) is 11.6 Å². The summed E-state index contributed by atoms with van der Waals surface area (Å²) in [7, 11) is 0. The fourth-order valence-electron chi connectivity index (χ4n) is 1.32. The second-order valence-corrected chi connectivity index (χ2v) is 4.13. The highest BCUT2D eigenvalue weighted by molar-refractivity contribution is 6.17. The van der Waals surface area contributed by atoms with Gasteiger partial charge in [0.1, 0.15) is 17.6 Å². The molecule has 1 unspecified atom stereocenters. The zero-order chi connectivity index (χ0) is 12.7. The molecule has 5 heteroatoms. The van der Waals surface area contributed by atoms with E-state index in [2.05, 4.69) is 4.29 Å². The number of hydrogen-bond donors (Lipinski definition) is 0. The standard InChI is InChI=1S/C12H14Cl2O3/c1-9(12(15)17-14)16-11-6-4-10(5-7-11)3-2-8-13/h4-7,9H,2-3,8H2,1H3. The number of carbonyl (C=O) groups excluding carboxylic acids is 1. The first-order valence-electron chi connectivity index (χ1n) is 5.31. The lowest BCUT2D eigenvalue weighted by atomic mass is 10.1. The fourth-order valence-corrected chi connectivity index (χ4v) is 1.58. The molecule has 1 aromatic rings. The molecule has 0 spiro atoms. The first kappa shape index (κ1) is 14.1. The molecule has 0 bridgehead atoms. The smallest absolute Gasteiger partial charge is 0.365 e. The average molecular weight is 277 g/mol. The van der Waals surface area contributed by atoms with Crippen molar-refractivity contribution in [1.82, 2.24) is 0 Å². The van der Waals surface area contributed by atoms with Gasteiger partial charge in [0.05, 0.1) is 0 Å². The highest BCUT2D eigenvalue weighted by atomic mass is 35.5. The summed E-state index contributed by atoms with van der Waals surface area (Å²) in [5.41, 5.74) is 1.19. The zero-order valence-corrected chi connectivity index (χ0v) is 11.0. The molecule has 0 amide bonds. The number of ether oxygens (including phenoxy) is 1. The van der Waals surface area contributed by atoms with Crippen molar-refractivity contribution in [3.63, 3.8) is 0 Å². The minimum Gasteiger partial charge on any atom is -0.479 e. The fraction of sp³-hybridized carbons (Fsp3) is 0.417. The third-order valence-corrected chi connectivity index (χ3v) is 2.66. The van der Waals surface area contributed by atoms with E-state index in [1.807, 2.05) is 24.3 Å². The van der Waals surface area contributed by atoms with E-state index in [-0.39, 0.29) is 0 Å². The minimum absolute atomic E-state index is 0.606. The van der Waals surface area contributed by atoms with Crippen molar-refractivity contribution in [1.29, 1.82) is 0 Å². The molecule has 1 aromatic carbocycles. The second kappa shape index (κ2) is 7.41. The Morgan fingerprint density at radius 1 is 1.35 bits per heavy atom. The zero-order valence-electron chi connectivity index (χ0n) is 9.49. The Hall–Kier alpha value is -0.930. The Labute approximate surface area is 111 Å². The van der Waals surface area contributed by atoms with Gasteiger partial charge in [0.2, 0.25) is 0 Å². The third kappa shape index (κ3) is 4.84. The van der Waals surface area contributed by atoms with E-state index >= 15 is 0 Å². The molecule has 0 heterocycles. The van der Waals surface area contributed by atoms with Gasteiger partial charge in [-0.3, -0.25) is 0 Å². The van der Waals surface area contributed by atoms with Crippen molar-refractivity contribution in [3.8, 4) is 5.75 Å². The van der Waals surface area contributed by atoms with Crippen LogP contribution in [0.4, 0.5) is 0 Å². The van der Waals surface area contributed by atoms with Crippen LogP contribution in [0.5, 0.6) is 5.75 Å². The summed E-state index contributed by atoms with van der Waals surface area (Å²) in [5, 5.41) is 0. The van der Waals surface area contributed by atoms with Crippen LogP contribution in [0.15, 0.2) is 24.3 Å². The van der Waals surface area contributed by atoms with Gasteiger partial charge in [0.15, 0.2) is 6.10 Å².